The molecule has 5 heteroatoms. The summed E-state index contributed by atoms with van der Waals surface area (Å²) >= 11 is 0. The molecule has 0 spiro atoms. The summed E-state index contributed by atoms with van der Waals surface area (Å²) in [6.07, 6.45) is 0.968. The normalized spacial score (nSPS) is 10.7. The first-order valence-corrected chi connectivity index (χ1v) is 10.7. The molecule has 1 amide bonds. The van der Waals surface area contributed by atoms with E-state index in [0.29, 0.717) is 23.8 Å². The highest BCUT2D eigenvalue weighted by atomic mass is 16.5. The summed E-state index contributed by atoms with van der Waals surface area (Å²) in [4.78, 5) is 17.1. The number of hydrogen-bond acceptors (Lipinski definition) is 4. The van der Waals surface area contributed by atoms with Crippen LogP contribution in [0.2, 0.25) is 0 Å². The molecule has 1 N–H and O–H groups in total. The monoisotopic (exact) mass is 426 g/mol. The number of anilines is 1. The van der Waals surface area contributed by atoms with Gasteiger partial charge in [0.05, 0.1) is 0 Å². The van der Waals surface area contributed by atoms with Crippen LogP contribution in [0.1, 0.15) is 39.9 Å². The standard InChI is InChI=1S/C27H26N2O3/c1-4-20-7-13-23(14-8-20)28-26(30)21-9-11-22(12-10-21)27-29-25(19(3)32-27)17-31-24-15-5-18(2)6-16-24/h5-16H,4,17H2,1-3H3,(H,28,30). The Morgan fingerprint density at radius 2 is 1.62 bits per heavy atom. The van der Waals surface area contributed by atoms with Crippen LogP contribution in [-0.2, 0) is 13.0 Å². The van der Waals surface area contributed by atoms with Crippen molar-refractivity contribution < 1.29 is 13.9 Å². The molecule has 1 aromatic heterocycles. The van der Waals surface area contributed by atoms with Crippen LogP contribution in [-0.4, -0.2) is 10.9 Å². The van der Waals surface area contributed by atoms with Gasteiger partial charge in [-0.1, -0.05) is 36.8 Å². The van der Waals surface area contributed by atoms with Crippen LogP contribution in [0.25, 0.3) is 11.5 Å². The predicted molar refractivity (Wildman–Crippen MR) is 126 cm³/mol. The Morgan fingerprint density at radius 3 is 2.28 bits per heavy atom. The van der Waals surface area contributed by atoms with Gasteiger partial charge in [-0.25, -0.2) is 4.98 Å². The second kappa shape index (κ2) is 9.52. The van der Waals surface area contributed by atoms with Gasteiger partial charge in [0, 0.05) is 16.8 Å². The molecule has 162 valence electrons. The summed E-state index contributed by atoms with van der Waals surface area (Å²) in [5.41, 5.74) is 5.31. The maximum absolute atomic E-state index is 12.5. The van der Waals surface area contributed by atoms with Crippen LogP contribution in [0.15, 0.2) is 77.2 Å². The lowest BCUT2D eigenvalue weighted by Crippen LogP contribution is -2.11. The number of carbonyl (C=O) groups is 1. The highest BCUT2D eigenvalue weighted by Crippen LogP contribution is 2.24. The maximum atomic E-state index is 12.5. The molecule has 0 aliphatic heterocycles. The maximum Gasteiger partial charge on any atom is 0.255 e. The molecule has 0 unspecified atom stereocenters. The molecule has 32 heavy (non-hydrogen) atoms. The summed E-state index contributed by atoms with van der Waals surface area (Å²) in [6.45, 7) is 6.34. The number of benzene rings is 3. The Hall–Kier alpha value is -3.86. The topological polar surface area (TPSA) is 64.4 Å². The van der Waals surface area contributed by atoms with E-state index in [9.17, 15) is 4.79 Å². The number of oxazole rings is 1. The van der Waals surface area contributed by atoms with Gasteiger partial charge in [0.2, 0.25) is 5.89 Å². The third-order valence-corrected chi connectivity index (χ3v) is 5.30. The van der Waals surface area contributed by atoms with Gasteiger partial charge in [0.1, 0.15) is 23.8 Å². The Morgan fingerprint density at radius 1 is 0.938 bits per heavy atom. The number of carbonyl (C=O) groups excluding carboxylic acids is 1. The van der Waals surface area contributed by atoms with E-state index in [2.05, 4.69) is 17.2 Å². The molecular formula is C27H26N2O3. The minimum Gasteiger partial charge on any atom is -0.487 e. The van der Waals surface area contributed by atoms with Crippen LogP contribution >= 0.6 is 0 Å². The molecular weight excluding hydrogens is 400 g/mol. The Labute approximate surface area is 188 Å². The number of ether oxygens (including phenoxy) is 1. The lowest BCUT2D eigenvalue weighted by Gasteiger charge is -2.06. The Balaban J connectivity index is 1.41. The average Bonchev–Trinajstić information content (AvgIpc) is 3.19. The molecule has 4 rings (SSSR count). The highest BCUT2D eigenvalue weighted by molar-refractivity contribution is 6.04. The van der Waals surface area contributed by atoms with Crippen molar-refractivity contribution in [2.75, 3.05) is 5.32 Å². The van der Waals surface area contributed by atoms with Crippen molar-refractivity contribution in [1.29, 1.82) is 0 Å². The van der Waals surface area contributed by atoms with Crippen molar-refractivity contribution in [3.8, 4) is 17.2 Å². The van der Waals surface area contributed by atoms with Gasteiger partial charge in [-0.05, 0) is 74.4 Å². The number of hydrogen-bond donors (Lipinski definition) is 1. The number of aromatic nitrogens is 1. The second-order valence-corrected chi connectivity index (χ2v) is 7.71. The molecule has 0 radical (unpaired) electrons. The molecule has 0 aliphatic rings. The zero-order valence-electron chi connectivity index (χ0n) is 18.5. The van der Waals surface area contributed by atoms with Crippen LogP contribution in [0.5, 0.6) is 5.75 Å². The van der Waals surface area contributed by atoms with Crippen molar-refractivity contribution in [2.45, 2.75) is 33.8 Å². The summed E-state index contributed by atoms with van der Waals surface area (Å²) in [5.74, 6) is 1.85. The highest BCUT2D eigenvalue weighted by Gasteiger charge is 2.13. The first-order valence-electron chi connectivity index (χ1n) is 10.7. The van der Waals surface area contributed by atoms with Gasteiger partial charge < -0.3 is 14.5 Å². The van der Waals surface area contributed by atoms with E-state index in [0.717, 1.165) is 29.1 Å². The molecule has 5 nitrogen and oxygen atoms in total. The van der Waals surface area contributed by atoms with Gasteiger partial charge in [0.25, 0.3) is 5.91 Å². The van der Waals surface area contributed by atoms with E-state index in [-0.39, 0.29) is 5.91 Å². The lowest BCUT2D eigenvalue weighted by atomic mass is 10.1. The van der Waals surface area contributed by atoms with Crippen molar-refractivity contribution in [2.24, 2.45) is 0 Å². The fourth-order valence-electron chi connectivity index (χ4n) is 3.26. The number of nitrogens with zero attached hydrogens (tertiary/aromatic N) is 1. The van der Waals surface area contributed by atoms with Crippen LogP contribution in [0.3, 0.4) is 0 Å². The van der Waals surface area contributed by atoms with E-state index in [1.165, 1.54) is 11.1 Å². The predicted octanol–water partition coefficient (Wildman–Crippen LogP) is 6.35. The molecule has 0 saturated heterocycles. The van der Waals surface area contributed by atoms with E-state index < -0.39 is 0 Å². The molecule has 0 aliphatic carbocycles. The first-order chi connectivity index (χ1) is 15.5. The number of amides is 1. The third kappa shape index (κ3) is 5.06. The summed E-state index contributed by atoms with van der Waals surface area (Å²) in [7, 11) is 0. The third-order valence-electron chi connectivity index (χ3n) is 5.30. The van der Waals surface area contributed by atoms with Gasteiger partial charge in [-0.2, -0.15) is 0 Å². The van der Waals surface area contributed by atoms with Crippen molar-refractivity contribution in [1.82, 2.24) is 4.98 Å². The second-order valence-electron chi connectivity index (χ2n) is 7.71. The summed E-state index contributed by atoms with van der Waals surface area (Å²) in [6, 6.07) is 23.0. The molecule has 0 atom stereocenters. The van der Waals surface area contributed by atoms with E-state index >= 15 is 0 Å². The van der Waals surface area contributed by atoms with Crippen LogP contribution in [0.4, 0.5) is 5.69 Å². The minimum atomic E-state index is -0.156. The minimum absolute atomic E-state index is 0.156. The van der Waals surface area contributed by atoms with Crippen LogP contribution in [0, 0.1) is 13.8 Å². The van der Waals surface area contributed by atoms with Crippen LogP contribution < -0.4 is 10.1 Å². The van der Waals surface area contributed by atoms with Gasteiger partial charge in [-0.3, -0.25) is 4.79 Å². The van der Waals surface area contributed by atoms with E-state index in [1.54, 1.807) is 12.1 Å². The van der Waals surface area contributed by atoms with Gasteiger partial charge in [0.15, 0.2) is 0 Å². The molecule has 1 heterocycles. The van der Waals surface area contributed by atoms with E-state index in [1.807, 2.05) is 74.5 Å². The zero-order chi connectivity index (χ0) is 22.5. The largest absolute Gasteiger partial charge is 0.487 e. The molecule has 4 aromatic rings. The molecule has 0 bridgehead atoms. The van der Waals surface area contributed by atoms with Crippen molar-refractivity contribution >= 4 is 11.6 Å². The SMILES string of the molecule is CCc1ccc(NC(=O)c2ccc(-c3nc(COc4ccc(C)cc4)c(C)o3)cc2)cc1. The average molecular weight is 427 g/mol. The fraction of sp³-hybridized carbons (Fsp3) is 0.185. The van der Waals surface area contributed by atoms with Crippen molar-refractivity contribution in [3.63, 3.8) is 0 Å². The lowest BCUT2D eigenvalue weighted by molar-refractivity contribution is 0.102. The number of rotatable bonds is 7. The van der Waals surface area contributed by atoms with E-state index in [4.69, 9.17) is 9.15 Å². The van der Waals surface area contributed by atoms with Gasteiger partial charge in [-0.15, -0.1) is 0 Å². The molecule has 0 fully saturated rings. The Kier molecular flexibility index (Phi) is 6.36. The smallest absolute Gasteiger partial charge is 0.255 e. The zero-order valence-corrected chi connectivity index (χ0v) is 18.5. The first kappa shape index (κ1) is 21.4. The van der Waals surface area contributed by atoms with Crippen molar-refractivity contribution in [3.05, 3.63) is 101 Å². The summed E-state index contributed by atoms with van der Waals surface area (Å²) in [5, 5.41) is 2.92. The molecule has 0 saturated carbocycles. The van der Waals surface area contributed by atoms with Gasteiger partial charge >= 0.3 is 0 Å². The quantitative estimate of drug-likeness (QED) is 0.374. The number of nitrogens with one attached hydrogen (secondary N) is 1. The molecule has 3 aromatic carbocycles. The summed E-state index contributed by atoms with van der Waals surface area (Å²) < 4.78 is 11.7. The Bertz CT molecular complexity index is 1190. The number of aryl methyl sites for hydroxylation is 3. The fourth-order valence-corrected chi connectivity index (χ4v) is 3.26.